The van der Waals surface area contributed by atoms with Crippen LogP contribution in [0.5, 0.6) is 0 Å². The minimum Gasteiger partial charge on any atom is -0.313 e. The molecule has 0 aliphatic carbocycles. The molecule has 0 aromatic heterocycles. The lowest BCUT2D eigenvalue weighted by atomic mass is 9.96. The second kappa shape index (κ2) is 4.76. The summed E-state index contributed by atoms with van der Waals surface area (Å²) >= 11 is 5.97. The Balaban J connectivity index is 3.04. The van der Waals surface area contributed by atoms with Gasteiger partial charge < -0.3 is 5.32 Å². The molecule has 1 nitrogen and oxygen atoms in total. The fourth-order valence-corrected chi connectivity index (χ4v) is 1.89. The summed E-state index contributed by atoms with van der Waals surface area (Å²) in [6, 6.07) is 4.69. The minimum atomic E-state index is -0.294. The Morgan fingerprint density at radius 3 is 2.43 bits per heavy atom. The van der Waals surface area contributed by atoms with E-state index in [-0.39, 0.29) is 11.9 Å². The molecule has 0 radical (unpaired) electrons. The lowest BCUT2D eigenvalue weighted by molar-refractivity contribution is 0.442. The molecule has 14 heavy (non-hydrogen) atoms. The average molecular weight is 216 g/mol. The first kappa shape index (κ1) is 11.5. The van der Waals surface area contributed by atoms with Gasteiger partial charge in [0.25, 0.3) is 0 Å². The molecule has 0 bridgehead atoms. The van der Waals surface area contributed by atoms with Crippen LogP contribution in [0.25, 0.3) is 0 Å². The topological polar surface area (TPSA) is 12.0 Å². The first-order valence-corrected chi connectivity index (χ1v) is 5.06. The van der Waals surface area contributed by atoms with E-state index in [0.29, 0.717) is 10.9 Å². The summed E-state index contributed by atoms with van der Waals surface area (Å²) in [5.74, 6) is 0.125. The van der Waals surface area contributed by atoms with Crippen molar-refractivity contribution in [1.29, 1.82) is 0 Å². The van der Waals surface area contributed by atoms with Gasteiger partial charge >= 0.3 is 0 Å². The van der Waals surface area contributed by atoms with Gasteiger partial charge in [0.15, 0.2) is 0 Å². The van der Waals surface area contributed by atoms with E-state index in [0.717, 1.165) is 5.56 Å². The summed E-state index contributed by atoms with van der Waals surface area (Å²) in [5.41, 5.74) is 0.950. The second-order valence-electron chi connectivity index (χ2n) is 3.68. The van der Waals surface area contributed by atoms with Gasteiger partial charge in [0, 0.05) is 11.1 Å². The number of halogens is 2. The van der Waals surface area contributed by atoms with E-state index in [1.165, 1.54) is 12.1 Å². The van der Waals surface area contributed by atoms with Crippen molar-refractivity contribution in [2.45, 2.75) is 19.9 Å². The highest BCUT2D eigenvalue weighted by Crippen LogP contribution is 2.28. The maximum Gasteiger partial charge on any atom is 0.124 e. The first-order chi connectivity index (χ1) is 6.56. The zero-order valence-corrected chi connectivity index (χ0v) is 9.40. The minimum absolute atomic E-state index is 0.170. The van der Waals surface area contributed by atoms with Gasteiger partial charge in [-0.3, -0.25) is 0 Å². The SMILES string of the molecule is CNC(c1ccc(F)cc1Cl)C(C)C. The highest BCUT2D eigenvalue weighted by Gasteiger charge is 2.16. The van der Waals surface area contributed by atoms with Gasteiger partial charge in [0.2, 0.25) is 0 Å². The number of hydrogen-bond donors (Lipinski definition) is 1. The van der Waals surface area contributed by atoms with Crippen LogP contribution in [0.2, 0.25) is 5.02 Å². The molecule has 0 spiro atoms. The lowest BCUT2D eigenvalue weighted by Crippen LogP contribution is -2.22. The van der Waals surface area contributed by atoms with E-state index in [9.17, 15) is 4.39 Å². The maximum absolute atomic E-state index is 12.8. The average Bonchev–Trinajstić information content (AvgIpc) is 2.09. The van der Waals surface area contributed by atoms with Crippen LogP contribution in [0.15, 0.2) is 18.2 Å². The third kappa shape index (κ3) is 2.46. The third-order valence-corrected chi connectivity index (χ3v) is 2.60. The van der Waals surface area contributed by atoms with Crippen LogP contribution < -0.4 is 5.32 Å². The molecule has 78 valence electrons. The van der Waals surface area contributed by atoms with E-state index in [1.54, 1.807) is 6.07 Å². The Bertz CT molecular complexity index is 312. The Kier molecular flexibility index (Phi) is 3.90. The highest BCUT2D eigenvalue weighted by atomic mass is 35.5. The van der Waals surface area contributed by atoms with Crippen molar-refractivity contribution >= 4 is 11.6 Å². The van der Waals surface area contributed by atoms with Gasteiger partial charge in [-0.25, -0.2) is 4.39 Å². The molecule has 0 amide bonds. The summed E-state index contributed by atoms with van der Waals surface area (Å²) in [6.07, 6.45) is 0. The summed E-state index contributed by atoms with van der Waals surface area (Å²) in [5, 5.41) is 3.66. The Morgan fingerprint density at radius 1 is 1.36 bits per heavy atom. The molecule has 0 heterocycles. The standard InChI is InChI=1S/C11H15ClFN/c1-7(2)11(14-3)9-5-4-8(13)6-10(9)12/h4-7,11,14H,1-3H3. The van der Waals surface area contributed by atoms with Crippen molar-refractivity contribution in [3.05, 3.63) is 34.6 Å². The van der Waals surface area contributed by atoms with E-state index in [2.05, 4.69) is 19.2 Å². The van der Waals surface area contributed by atoms with Crippen LogP contribution in [0, 0.1) is 11.7 Å². The summed E-state index contributed by atoms with van der Waals surface area (Å²) in [6.45, 7) is 4.20. The largest absolute Gasteiger partial charge is 0.313 e. The summed E-state index contributed by atoms with van der Waals surface area (Å²) < 4.78 is 12.8. The molecule has 1 N–H and O–H groups in total. The Labute approximate surface area is 89.3 Å². The predicted octanol–water partition coefficient (Wildman–Crippen LogP) is 3.40. The van der Waals surface area contributed by atoms with Gasteiger partial charge in [-0.1, -0.05) is 31.5 Å². The maximum atomic E-state index is 12.8. The van der Waals surface area contributed by atoms with Crippen molar-refractivity contribution in [2.24, 2.45) is 5.92 Å². The van der Waals surface area contributed by atoms with Crippen LogP contribution in [0.4, 0.5) is 4.39 Å². The van der Waals surface area contributed by atoms with Gasteiger partial charge in [-0.15, -0.1) is 0 Å². The van der Waals surface area contributed by atoms with Crippen molar-refractivity contribution in [3.63, 3.8) is 0 Å². The molecular formula is C11H15ClFN. The molecule has 1 aromatic carbocycles. The molecule has 0 fully saturated rings. The normalized spacial score (nSPS) is 13.3. The molecule has 1 unspecified atom stereocenters. The van der Waals surface area contributed by atoms with Gasteiger partial charge in [0.1, 0.15) is 5.82 Å². The summed E-state index contributed by atoms with van der Waals surface area (Å²) in [4.78, 5) is 0. The monoisotopic (exact) mass is 215 g/mol. The molecule has 3 heteroatoms. The molecule has 1 aromatic rings. The summed E-state index contributed by atoms with van der Waals surface area (Å²) in [7, 11) is 1.88. The van der Waals surface area contributed by atoms with Crippen LogP contribution in [0.1, 0.15) is 25.5 Å². The number of hydrogen-bond acceptors (Lipinski definition) is 1. The fraction of sp³-hybridized carbons (Fsp3) is 0.455. The molecule has 0 saturated heterocycles. The fourth-order valence-electron chi connectivity index (χ4n) is 1.60. The van der Waals surface area contributed by atoms with Crippen molar-refractivity contribution < 1.29 is 4.39 Å². The van der Waals surface area contributed by atoms with E-state index < -0.39 is 0 Å². The number of rotatable bonds is 3. The van der Waals surface area contributed by atoms with Gasteiger partial charge in [-0.05, 0) is 30.7 Å². The predicted molar refractivity (Wildman–Crippen MR) is 58.0 cm³/mol. The quantitative estimate of drug-likeness (QED) is 0.815. The molecule has 0 aliphatic rings. The van der Waals surface area contributed by atoms with Crippen LogP contribution in [-0.4, -0.2) is 7.05 Å². The molecular weight excluding hydrogens is 201 g/mol. The molecule has 0 aliphatic heterocycles. The second-order valence-corrected chi connectivity index (χ2v) is 4.08. The molecule has 1 atom stereocenters. The Morgan fingerprint density at radius 2 is 2.00 bits per heavy atom. The van der Waals surface area contributed by atoms with Crippen molar-refractivity contribution in [3.8, 4) is 0 Å². The van der Waals surface area contributed by atoms with Crippen LogP contribution >= 0.6 is 11.6 Å². The third-order valence-electron chi connectivity index (χ3n) is 2.28. The van der Waals surface area contributed by atoms with Gasteiger partial charge in [-0.2, -0.15) is 0 Å². The number of nitrogens with one attached hydrogen (secondary N) is 1. The van der Waals surface area contributed by atoms with E-state index in [1.807, 2.05) is 7.05 Å². The molecule has 1 rings (SSSR count). The van der Waals surface area contributed by atoms with E-state index >= 15 is 0 Å². The lowest BCUT2D eigenvalue weighted by Gasteiger charge is -2.21. The highest BCUT2D eigenvalue weighted by molar-refractivity contribution is 6.31. The van der Waals surface area contributed by atoms with Crippen LogP contribution in [-0.2, 0) is 0 Å². The zero-order valence-electron chi connectivity index (χ0n) is 8.64. The number of benzene rings is 1. The van der Waals surface area contributed by atoms with E-state index in [4.69, 9.17) is 11.6 Å². The van der Waals surface area contributed by atoms with Crippen molar-refractivity contribution in [2.75, 3.05) is 7.05 Å². The molecule has 0 saturated carbocycles. The van der Waals surface area contributed by atoms with Gasteiger partial charge in [0.05, 0.1) is 0 Å². The first-order valence-electron chi connectivity index (χ1n) is 4.68. The zero-order chi connectivity index (χ0) is 10.7. The van der Waals surface area contributed by atoms with Crippen molar-refractivity contribution in [1.82, 2.24) is 5.32 Å². The van der Waals surface area contributed by atoms with Crippen LogP contribution in [0.3, 0.4) is 0 Å². The smallest absolute Gasteiger partial charge is 0.124 e. The Hall–Kier alpha value is -0.600.